The van der Waals surface area contributed by atoms with Gasteiger partial charge in [-0.3, -0.25) is 4.79 Å². The Morgan fingerprint density at radius 1 is 1.37 bits per heavy atom. The van der Waals surface area contributed by atoms with Crippen LogP contribution in [0.4, 0.5) is 5.69 Å². The number of carbonyl (C=O) groups is 2. The molecule has 5 nitrogen and oxygen atoms in total. The molecule has 0 aromatic heterocycles. The van der Waals surface area contributed by atoms with Crippen molar-refractivity contribution in [2.24, 2.45) is 5.73 Å². The highest BCUT2D eigenvalue weighted by Crippen LogP contribution is 2.25. The average molecular weight is 329 g/mol. The first kappa shape index (κ1) is 15.7. The third-order valence-electron chi connectivity index (χ3n) is 3.18. The molecule has 4 N–H and O–H groups in total. The second kappa shape index (κ2) is 6.16. The molecule has 0 saturated carbocycles. The van der Waals surface area contributed by atoms with E-state index in [4.69, 9.17) is 10.8 Å². The number of aromatic carboxylic acids is 1. The number of benzene rings is 1. The van der Waals surface area contributed by atoms with Crippen LogP contribution in [0.3, 0.4) is 0 Å². The Hall–Kier alpha value is -1.40. The van der Waals surface area contributed by atoms with Gasteiger partial charge in [0.05, 0.1) is 16.8 Å². The van der Waals surface area contributed by atoms with E-state index >= 15 is 0 Å². The van der Waals surface area contributed by atoms with Gasteiger partial charge in [-0.15, -0.1) is 0 Å². The predicted molar refractivity (Wildman–Crippen MR) is 77.2 cm³/mol. The summed E-state index contributed by atoms with van der Waals surface area (Å²) in [4.78, 5) is 22.9. The van der Waals surface area contributed by atoms with Crippen LogP contribution in [0.1, 0.15) is 37.0 Å². The van der Waals surface area contributed by atoms with Crippen molar-refractivity contribution in [2.45, 2.75) is 32.2 Å². The number of hydrogen-bond acceptors (Lipinski definition) is 3. The second-order valence-electron chi connectivity index (χ2n) is 4.32. The average Bonchev–Trinajstić information content (AvgIpc) is 2.39. The second-order valence-corrected chi connectivity index (χ2v) is 5.17. The van der Waals surface area contributed by atoms with E-state index < -0.39 is 11.5 Å². The topological polar surface area (TPSA) is 92.4 Å². The third kappa shape index (κ3) is 3.54. The van der Waals surface area contributed by atoms with Gasteiger partial charge < -0.3 is 16.2 Å². The molecular weight excluding hydrogens is 312 g/mol. The van der Waals surface area contributed by atoms with Gasteiger partial charge in [0.25, 0.3) is 0 Å². The molecule has 0 unspecified atom stereocenters. The molecule has 0 heterocycles. The lowest BCUT2D eigenvalue weighted by Gasteiger charge is -2.25. The number of rotatable bonds is 5. The van der Waals surface area contributed by atoms with Gasteiger partial charge in [-0.1, -0.05) is 13.8 Å². The molecule has 0 fully saturated rings. The van der Waals surface area contributed by atoms with Gasteiger partial charge in [-0.2, -0.15) is 0 Å². The lowest BCUT2D eigenvalue weighted by molar-refractivity contribution is -0.121. The van der Waals surface area contributed by atoms with Crippen LogP contribution in [0, 0.1) is 0 Å². The molecule has 0 atom stereocenters. The lowest BCUT2D eigenvalue weighted by Crippen LogP contribution is -2.50. The molecule has 0 spiro atoms. The number of nitrogens with two attached hydrogens (primary N) is 1. The number of anilines is 1. The van der Waals surface area contributed by atoms with Gasteiger partial charge >= 0.3 is 5.97 Å². The minimum atomic E-state index is -1.02. The van der Waals surface area contributed by atoms with Crippen LogP contribution in [0.2, 0.25) is 0 Å². The Labute approximate surface area is 120 Å². The fourth-order valence-corrected chi connectivity index (χ4v) is 2.05. The van der Waals surface area contributed by atoms with E-state index in [9.17, 15) is 9.59 Å². The first-order valence-electron chi connectivity index (χ1n) is 5.97. The number of hydrogen-bond donors (Lipinski definition) is 3. The minimum Gasteiger partial charge on any atom is -0.478 e. The molecule has 0 radical (unpaired) electrons. The summed E-state index contributed by atoms with van der Waals surface area (Å²) in [7, 11) is 0. The van der Waals surface area contributed by atoms with Gasteiger partial charge in [0.2, 0.25) is 5.91 Å². The first-order valence-corrected chi connectivity index (χ1v) is 6.76. The Bertz CT molecular complexity index is 499. The van der Waals surface area contributed by atoms with Gasteiger partial charge in [-0.05, 0) is 47.0 Å². The maximum Gasteiger partial charge on any atom is 0.335 e. The van der Waals surface area contributed by atoms with Crippen molar-refractivity contribution in [1.82, 2.24) is 0 Å². The Morgan fingerprint density at radius 2 is 1.95 bits per heavy atom. The Kier molecular flexibility index (Phi) is 5.08. The van der Waals surface area contributed by atoms with E-state index in [1.807, 2.05) is 13.8 Å². The molecule has 1 aromatic rings. The summed E-state index contributed by atoms with van der Waals surface area (Å²) >= 11 is 3.24. The number of halogens is 1. The largest absolute Gasteiger partial charge is 0.478 e. The zero-order chi connectivity index (χ0) is 14.6. The molecular formula is C13H17BrN2O3. The van der Waals surface area contributed by atoms with Crippen molar-refractivity contribution in [2.75, 3.05) is 5.32 Å². The molecule has 0 aliphatic carbocycles. The fourth-order valence-electron chi connectivity index (χ4n) is 1.57. The van der Waals surface area contributed by atoms with Crippen molar-refractivity contribution in [1.29, 1.82) is 0 Å². The summed E-state index contributed by atoms with van der Waals surface area (Å²) in [6.07, 6.45) is 1.06. The van der Waals surface area contributed by atoms with E-state index in [-0.39, 0.29) is 11.5 Å². The van der Waals surface area contributed by atoms with Crippen molar-refractivity contribution >= 4 is 33.5 Å². The number of carboxylic acid groups (broad SMARTS) is 1. The van der Waals surface area contributed by atoms with Crippen LogP contribution in [0.5, 0.6) is 0 Å². The molecule has 19 heavy (non-hydrogen) atoms. The third-order valence-corrected chi connectivity index (χ3v) is 3.83. The summed E-state index contributed by atoms with van der Waals surface area (Å²) in [6.45, 7) is 3.71. The predicted octanol–water partition coefficient (Wildman–Crippen LogP) is 2.60. The number of nitrogens with one attached hydrogen (secondary N) is 1. The summed E-state index contributed by atoms with van der Waals surface area (Å²) in [5, 5.41) is 11.6. The molecule has 0 saturated heterocycles. The molecule has 1 rings (SSSR count). The van der Waals surface area contributed by atoms with Crippen LogP contribution < -0.4 is 11.1 Å². The SMILES string of the molecule is CCC(N)(CC)C(=O)Nc1ccc(C(=O)O)cc1Br. The molecule has 1 aromatic carbocycles. The fraction of sp³-hybridized carbons (Fsp3) is 0.385. The molecule has 0 aliphatic heterocycles. The van der Waals surface area contributed by atoms with Crippen molar-refractivity contribution < 1.29 is 14.7 Å². The van der Waals surface area contributed by atoms with Gasteiger partial charge in [-0.25, -0.2) is 4.79 Å². The maximum absolute atomic E-state index is 12.1. The van der Waals surface area contributed by atoms with Crippen LogP contribution in [0.15, 0.2) is 22.7 Å². The van der Waals surface area contributed by atoms with E-state index in [0.29, 0.717) is 23.0 Å². The van der Waals surface area contributed by atoms with Gasteiger partial charge in [0, 0.05) is 4.47 Å². The minimum absolute atomic E-state index is 0.148. The number of amides is 1. The zero-order valence-corrected chi connectivity index (χ0v) is 12.5. The van der Waals surface area contributed by atoms with Crippen molar-refractivity contribution in [3.8, 4) is 0 Å². The number of carbonyl (C=O) groups excluding carboxylic acids is 1. The monoisotopic (exact) mass is 328 g/mol. The van der Waals surface area contributed by atoms with Gasteiger partial charge in [0.15, 0.2) is 0 Å². The standard InChI is InChI=1S/C13H17BrN2O3/c1-3-13(15,4-2)12(19)16-10-6-5-8(11(17)18)7-9(10)14/h5-7H,3-4,15H2,1-2H3,(H,16,19)(H,17,18). The molecule has 6 heteroatoms. The van der Waals surface area contributed by atoms with Crippen molar-refractivity contribution in [3.05, 3.63) is 28.2 Å². The molecule has 1 amide bonds. The van der Waals surface area contributed by atoms with E-state index in [1.165, 1.54) is 18.2 Å². The van der Waals surface area contributed by atoms with Crippen LogP contribution >= 0.6 is 15.9 Å². The molecule has 0 bridgehead atoms. The van der Waals surface area contributed by atoms with Crippen LogP contribution in [0.25, 0.3) is 0 Å². The number of carboxylic acids is 1. The highest BCUT2D eigenvalue weighted by Gasteiger charge is 2.30. The zero-order valence-electron chi connectivity index (χ0n) is 10.9. The van der Waals surface area contributed by atoms with Gasteiger partial charge in [0.1, 0.15) is 0 Å². The quantitative estimate of drug-likeness (QED) is 0.774. The summed E-state index contributed by atoms with van der Waals surface area (Å²) in [6, 6.07) is 4.41. The molecule has 0 aliphatic rings. The van der Waals surface area contributed by atoms with E-state index in [0.717, 1.165) is 0 Å². The highest BCUT2D eigenvalue weighted by atomic mass is 79.9. The Morgan fingerprint density at radius 3 is 2.37 bits per heavy atom. The van der Waals surface area contributed by atoms with E-state index in [2.05, 4.69) is 21.2 Å². The van der Waals surface area contributed by atoms with E-state index in [1.54, 1.807) is 0 Å². The smallest absolute Gasteiger partial charge is 0.335 e. The first-order chi connectivity index (χ1) is 8.84. The Balaban J connectivity index is 2.95. The summed E-state index contributed by atoms with van der Waals surface area (Å²) in [5.41, 5.74) is 5.74. The molecule has 104 valence electrons. The summed E-state index contributed by atoms with van der Waals surface area (Å²) < 4.78 is 0.510. The van der Waals surface area contributed by atoms with Crippen LogP contribution in [-0.2, 0) is 4.79 Å². The van der Waals surface area contributed by atoms with Crippen molar-refractivity contribution in [3.63, 3.8) is 0 Å². The highest BCUT2D eigenvalue weighted by molar-refractivity contribution is 9.10. The maximum atomic E-state index is 12.1. The van der Waals surface area contributed by atoms with Crippen LogP contribution in [-0.4, -0.2) is 22.5 Å². The normalized spacial score (nSPS) is 11.2. The summed E-state index contributed by atoms with van der Waals surface area (Å²) in [5.74, 6) is -1.30. The lowest BCUT2D eigenvalue weighted by atomic mass is 9.93.